The van der Waals surface area contributed by atoms with Gasteiger partial charge in [0.2, 0.25) is 0 Å². The smallest absolute Gasteiger partial charge is 0.308 e. The molecule has 0 aliphatic heterocycles. The molecule has 0 amide bonds. The van der Waals surface area contributed by atoms with Gasteiger partial charge in [0.25, 0.3) is 0 Å². The molecule has 2 atom stereocenters. The Morgan fingerprint density at radius 1 is 1.33 bits per heavy atom. The van der Waals surface area contributed by atoms with E-state index in [-0.39, 0.29) is 11.9 Å². The van der Waals surface area contributed by atoms with Gasteiger partial charge in [0.15, 0.2) is 0 Å². The van der Waals surface area contributed by atoms with E-state index in [4.69, 9.17) is 4.74 Å². The van der Waals surface area contributed by atoms with Crippen LogP contribution >= 0.6 is 11.8 Å². The van der Waals surface area contributed by atoms with Crippen LogP contribution in [0.5, 0.6) is 0 Å². The van der Waals surface area contributed by atoms with Crippen molar-refractivity contribution < 1.29 is 14.6 Å². The molecule has 2 N–H and O–H groups in total. The van der Waals surface area contributed by atoms with E-state index in [1.54, 1.807) is 0 Å². The lowest BCUT2D eigenvalue weighted by Crippen LogP contribution is -2.48. The van der Waals surface area contributed by atoms with Gasteiger partial charge in [-0.1, -0.05) is 6.42 Å². The van der Waals surface area contributed by atoms with Gasteiger partial charge in [-0.3, -0.25) is 4.79 Å². The van der Waals surface area contributed by atoms with E-state index < -0.39 is 5.60 Å². The first-order valence-corrected chi connectivity index (χ1v) is 9.52. The predicted molar refractivity (Wildman–Crippen MR) is 86.5 cm³/mol. The lowest BCUT2D eigenvalue weighted by molar-refractivity contribution is -0.151. The Morgan fingerprint density at radius 2 is 2.05 bits per heavy atom. The number of hydrogen-bond donors (Lipinski definition) is 2. The highest BCUT2D eigenvalue weighted by Gasteiger charge is 2.37. The standard InChI is InChI=1S/C16H29NO3S/c1-3-20-15(18)12-7-9-16(19,10-8-12)11-17-13-5-4-6-14(13)21-2/h12-14,17,19H,3-11H2,1-2H3. The summed E-state index contributed by atoms with van der Waals surface area (Å²) in [6.07, 6.45) is 8.83. The first-order chi connectivity index (χ1) is 10.1. The van der Waals surface area contributed by atoms with Crippen LogP contribution in [0.4, 0.5) is 0 Å². The largest absolute Gasteiger partial charge is 0.466 e. The fraction of sp³-hybridized carbons (Fsp3) is 0.938. The van der Waals surface area contributed by atoms with E-state index in [0.29, 0.717) is 37.3 Å². The normalized spacial score (nSPS) is 36.6. The van der Waals surface area contributed by atoms with E-state index in [1.807, 2.05) is 18.7 Å². The minimum atomic E-state index is -0.644. The molecule has 0 aromatic rings. The zero-order valence-electron chi connectivity index (χ0n) is 13.3. The topological polar surface area (TPSA) is 58.6 Å². The summed E-state index contributed by atoms with van der Waals surface area (Å²) in [5.41, 5.74) is -0.644. The number of carbonyl (C=O) groups excluding carboxylic acids is 1. The van der Waals surface area contributed by atoms with Crippen LogP contribution in [-0.2, 0) is 9.53 Å². The molecule has 0 saturated heterocycles. The number of rotatable bonds is 6. The van der Waals surface area contributed by atoms with Gasteiger partial charge in [-0.15, -0.1) is 0 Å². The SMILES string of the molecule is CCOC(=O)C1CCC(O)(CNC2CCCC2SC)CC1. The van der Waals surface area contributed by atoms with Crippen LogP contribution in [0.25, 0.3) is 0 Å². The molecule has 0 bridgehead atoms. The van der Waals surface area contributed by atoms with Gasteiger partial charge in [-0.05, 0) is 51.7 Å². The van der Waals surface area contributed by atoms with E-state index in [9.17, 15) is 9.90 Å². The molecule has 0 aromatic carbocycles. The molecule has 4 nitrogen and oxygen atoms in total. The maximum absolute atomic E-state index is 11.7. The Balaban J connectivity index is 1.75. The zero-order chi connectivity index (χ0) is 15.3. The van der Waals surface area contributed by atoms with Gasteiger partial charge >= 0.3 is 5.97 Å². The summed E-state index contributed by atoms with van der Waals surface area (Å²) in [5, 5.41) is 15.0. The van der Waals surface area contributed by atoms with Crippen molar-refractivity contribution in [3.8, 4) is 0 Å². The number of thioether (sulfide) groups is 1. The highest BCUT2D eigenvalue weighted by molar-refractivity contribution is 7.99. The fourth-order valence-electron chi connectivity index (χ4n) is 3.59. The van der Waals surface area contributed by atoms with Crippen molar-refractivity contribution in [1.82, 2.24) is 5.32 Å². The monoisotopic (exact) mass is 315 g/mol. The molecule has 0 spiro atoms. The van der Waals surface area contributed by atoms with Crippen LogP contribution in [0.15, 0.2) is 0 Å². The Bertz CT molecular complexity index is 342. The predicted octanol–water partition coefficient (Wildman–Crippen LogP) is 2.34. The summed E-state index contributed by atoms with van der Waals surface area (Å²) in [7, 11) is 0. The third-order valence-electron chi connectivity index (χ3n) is 4.98. The van der Waals surface area contributed by atoms with E-state index in [1.165, 1.54) is 19.3 Å². The lowest BCUT2D eigenvalue weighted by Gasteiger charge is -2.36. The van der Waals surface area contributed by atoms with E-state index in [2.05, 4.69) is 11.6 Å². The van der Waals surface area contributed by atoms with Gasteiger partial charge in [0.05, 0.1) is 18.1 Å². The minimum absolute atomic E-state index is 0.0179. The highest BCUT2D eigenvalue weighted by Crippen LogP contribution is 2.34. The number of ether oxygens (including phenoxy) is 1. The minimum Gasteiger partial charge on any atom is -0.466 e. The van der Waals surface area contributed by atoms with Gasteiger partial charge in [0.1, 0.15) is 0 Å². The zero-order valence-corrected chi connectivity index (χ0v) is 14.1. The molecule has 0 heterocycles. The first-order valence-electron chi connectivity index (χ1n) is 8.23. The molecule has 5 heteroatoms. The van der Waals surface area contributed by atoms with Crippen LogP contribution in [-0.4, -0.2) is 47.4 Å². The molecule has 2 rings (SSSR count). The van der Waals surface area contributed by atoms with Crippen molar-refractivity contribution in [2.24, 2.45) is 5.92 Å². The molecule has 2 aliphatic rings. The van der Waals surface area contributed by atoms with Crippen LogP contribution in [0.1, 0.15) is 51.9 Å². The Hall–Kier alpha value is -0.260. The van der Waals surface area contributed by atoms with Gasteiger partial charge < -0.3 is 15.2 Å². The van der Waals surface area contributed by atoms with Crippen LogP contribution in [0, 0.1) is 5.92 Å². The number of hydrogen-bond acceptors (Lipinski definition) is 5. The molecule has 2 saturated carbocycles. The number of esters is 1. The fourth-order valence-corrected chi connectivity index (χ4v) is 4.55. The Morgan fingerprint density at radius 3 is 2.67 bits per heavy atom. The van der Waals surface area contributed by atoms with Crippen molar-refractivity contribution >= 4 is 17.7 Å². The summed E-state index contributed by atoms with van der Waals surface area (Å²) in [4.78, 5) is 11.7. The summed E-state index contributed by atoms with van der Waals surface area (Å²) in [6, 6.07) is 0.534. The van der Waals surface area contributed by atoms with E-state index >= 15 is 0 Å². The van der Waals surface area contributed by atoms with Crippen molar-refractivity contribution in [1.29, 1.82) is 0 Å². The Kier molecular flexibility index (Phi) is 6.38. The molecule has 2 fully saturated rings. The third kappa shape index (κ3) is 4.60. The molecule has 0 aromatic heterocycles. The van der Waals surface area contributed by atoms with Crippen molar-refractivity contribution in [3.63, 3.8) is 0 Å². The number of nitrogens with one attached hydrogen (secondary N) is 1. The average molecular weight is 315 g/mol. The van der Waals surface area contributed by atoms with E-state index in [0.717, 1.165) is 12.8 Å². The number of carbonyl (C=O) groups is 1. The average Bonchev–Trinajstić information content (AvgIpc) is 2.94. The van der Waals surface area contributed by atoms with Crippen molar-refractivity contribution in [3.05, 3.63) is 0 Å². The first kappa shape index (κ1) is 17.1. The highest BCUT2D eigenvalue weighted by atomic mass is 32.2. The maximum atomic E-state index is 11.7. The molecular formula is C16H29NO3S. The van der Waals surface area contributed by atoms with Crippen LogP contribution in [0.3, 0.4) is 0 Å². The lowest BCUT2D eigenvalue weighted by atomic mass is 9.78. The van der Waals surface area contributed by atoms with Crippen LogP contribution < -0.4 is 5.32 Å². The Labute approximate surface area is 132 Å². The molecule has 21 heavy (non-hydrogen) atoms. The second kappa shape index (κ2) is 7.84. The summed E-state index contributed by atoms with van der Waals surface area (Å²) in [5.74, 6) is -0.110. The van der Waals surface area contributed by atoms with Crippen molar-refractivity contribution in [2.45, 2.75) is 68.8 Å². The van der Waals surface area contributed by atoms with Gasteiger partial charge in [0, 0.05) is 17.8 Å². The van der Waals surface area contributed by atoms with Crippen molar-refractivity contribution in [2.75, 3.05) is 19.4 Å². The molecule has 2 unspecified atom stereocenters. The number of aliphatic hydroxyl groups is 1. The summed E-state index contributed by atoms with van der Waals surface area (Å²) < 4.78 is 5.08. The maximum Gasteiger partial charge on any atom is 0.308 e. The van der Waals surface area contributed by atoms with Crippen LogP contribution in [0.2, 0.25) is 0 Å². The van der Waals surface area contributed by atoms with Gasteiger partial charge in [-0.2, -0.15) is 11.8 Å². The quantitative estimate of drug-likeness (QED) is 0.737. The van der Waals surface area contributed by atoms with Gasteiger partial charge in [-0.25, -0.2) is 0 Å². The summed E-state index contributed by atoms with van der Waals surface area (Å²) >= 11 is 1.93. The third-order valence-corrected chi connectivity index (χ3v) is 6.15. The summed E-state index contributed by atoms with van der Waals surface area (Å²) in [6.45, 7) is 2.94. The second-order valence-corrected chi connectivity index (χ2v) is 7.52. The molecule has 122 valence electrons. The second-order valence-electron chi connectivity index (χ2n) is 6.44. The molecule has 2 aliphatic carbocycles. The molecule has 0 radical (unpaired) electrons. The molecular weight excluding hydrogens is 286 g/mol.